The highest BCUT2D eigenvalue weighted by Gasteiger charge is 2.45. The van der Waals surface area contributed by atoms with Crippen molar-refractivity contribution in [2.24, 2.45) is 11.3 Å². The van der Waals surface area contributed by atoms with Gasteiger partial charge in [-0.05, 0) is 61.9 Å². The zero-order chi connectivity index (χ0) is 38.0. The lowest BCUT2D eigenvalue weighted by Crippen LogP contribution is -2.61. The fourth-order valence-electron chi connectivity index (χ4n) is 7.27. The molecule has 3 heterocycles. The molecule has 2 aliphatic rings. The molecule has 0 aliphatic carbocycles. The summed E-state index contributed by atoms with van der Waals surface area (Å²) in [6.45, 7) is 8.31. The Balaban J connectivity index is 1.48. The molecular weight excluding hydrogens is 674 g/mol. The van der Waals surface area contributed by atoms with E-state index in [9.17, 15) is 24.8 Å². The maximum absolute atomic E-state index is 15.1. The average Bonchev–Trinajstić information content (AvgIpc) is 3.49. The third kappa shape index (κ3) is 7.45. The van der Waals surface area contributed by atoms with Crippen LogP contribution >= 0.6 is 0 Å². The van der Waals surface area contributed by atoms with E-state index < -0.39 is 41.4 Å². The van der Waals surface area contributed by atoms with Gasteiger partial charge in [-0.2, -0.15) is 10.4 Å². The van der Waals surface area contributed by atoms with Crippen LogP contribution in [0.1, 0.15) is 58.2 Å². The molecule has 13 nitrogen and oxygen atoms in total. The van der Waals surface area contributed by atoms with Crippen LogP contribution in [0.3, 0.4) is 0 Å². The van der Waals surface area contributed by atoms with Gasteiger partial charge in [0.25, 0.3) is 5.91 Å². The Hall–Kier alpha value is -5.74. The van der Waals surface area contributed by atoms with Crippen molar-refractivity contribution in [1.29, 1.82) is 5.26 Å². The quantitative estimate of drug-likeness (QED) is 0.242. The first-order valence-corrected chi connectivity index (χ1v) is 17.8. The third-order valence-electron chi connectivity index (χ3n) is 10.1. The molecule has 3 aromatic carbocycles. The molecule has 0 unspecified atom stereocenters. The summed E-state index contributed by atoms with van der Waals surface area (Å²) in [5, 5.41) is 28.5. The molecule has 2 aliphatic heterocycles. The van der Waals surface area contributed by atoms with Crippen molar-refractivity contribution in [1.82, 2.24) is 20.0 Å². The molecule has 276 valence electrons. The van der Waals surface area contributed by atoms with Gasteiger partial charge in [-0.15, -0.1) is 0 Å². The van der Waals surface area contributed by atoms with E-state index in [1.807, 2.05) is 63.2 Å². The minimum atomic E-state index is -1.28. The number of benzene rings is 3. The SMILES string of the molecule is C[C@H]1[C@H](NC(=O)[C@H](CC(C)(C)C)N(C)C(=O)O)C(=O)N(Cc2nn(-c3ccccc3C#N)c3ccccc23)c2ccccc2N1C(=O)C1CCOCC1. The van der Waals surface area contributed by atoms with Crippen LogP contribution in [0.15, 0.2) is 72.8 Å². The molecule has 2 N–H and O–H groups in total. The van der Waals surface area contributed by atoms with Crippen LogP contribution < -0.4 is 15.1 Å². The highest BCUT2D eigenvalue weighted by Crippen LogP contribution is 2.39. The first-order chi connectivity index (χ1) is 25.3. The number of ether oxygens (including phenoxy) is 1. The first-order valence-electron chi connectivity index (χ1n) is 17.8. The lowest BCUT2D eigenvalue weighted by atomic mass is 9.87. The molecule has 1 saturated heterocycles. The minimum absolute atomic E-state index is 0.0308. The molecule has 0 radical (unpaired) electrons. The number of amides is 4. The van der Waals surface area contributed by atoms with Crippen LogP contribution in [0, 0.1) is 22.7 Å². The largest absolute Gasteiger partial charge is 0.465 e. The number of hydrogen-bond acceptors (Lipinski definition) is 7. The van der Waals surface area contributed by atoms with E-state index in [1.54, 1.807) is 51.7 Å². The number of nitrogens with one attached hydrogen (secondary N) is 1. The maximum atomic E-state index is 15.1. The zero-order valence-electron chi connectivity index (χ0n) is 30.7. The Morgan fingerprint density at radius 3 is 2.28 bits per heavy atom. The van der Waals surface area contributed by atoms with Crippen molar-refractivity contribution in [3.63, 3.8) is 0 Å². The fraction of sp³-hybridized carbons (Fsp3) is 0.400. The second-order valence-corrected chi connectivity index (χ2v) is 14.9. The second kappa shape index (κ2) is 15.1. The summed E-state index contributed by atoms with van der Waals surface area (Å²) in [6, 6.07) is 20.9. The number of nitrogens with zero attached hydrogens (tertiary/aromatic N) is 6. The number of anilines is 2. The summed E-state index contributed by atoms with van der Waals surface area (Å²) in [7, 11) is 1.34. The highest BCUT2D eigenvalue weighted by molar-refractivity contribution is 6.09. The van der Waals surface area contributed by atoms with Gasteiger partial charge in [-0.25, -0.2) is 9.48 Å². The van der Waals surface area contributed by atoms with Crippen LogP contribution in [0.5, 0.6) is 0 Å². The lowest BCUT2D eigenvalue weighted by molar-refractivity contribution is -0.132. The summed E-state index contributed by atoms with van der Waals surface area (Å²) in [6.07, 6.45) is -0.0489. The van der Waals surface area contributed by atoms with Crippen LogP contribution in [0.4, 0.5) is 16.2 Å². The highest BCUT2D eigenvalue weighted by atomic mass is 16.5. The van der Waals surface area contributed by atoms with Gasteiger partial charge < -0.3 is 25.0 Å². The van der Waals surface area contributed by atoms with E-state index in [-0.39, 0.29) is 24.8 Å². The van der Waals surface area contributed by atoms with Crippen molar-refractivity contribution in [2.75, 3.05) is 30.1 Å². The number of fused-ring (bicyclic) bond motifs is 2. The molecule has 6 rings (SSSR count). The third-order valence-corrected chi connectivity index (χ3v) is 10.1. The second-order valence-electron chi connectivity index (χ2n) is 14.9. The Kier molecular flexibility index (Phi) is 10.5. The number of likely N-dealkylation sites (N-methyl/N-ethyl adjacent to an activating group) is 1. The predicted molar refractivity (Wildman–Crippen MR) is 199 cm³/mol. The Morgan fingerprint density at radius 2 is 1.62 bits per heavy atom. The standard InChI is InChI=1S/C40H45N7O6/c1-25-35(42-36(48)34(22-40(2,3)4)44(5)39(51)52)38(50)45(32-16-10-11-17-33(32)46(25)37(49)26-18-20-53-21-19-26)24-29-28-13-7-9-15-31(28)47(43-29)30-14-8-6-12-27(30)23-41/h6-17,25-26,34-35H,18-22,24H2,1-5H3,(H,42,48)(H,51,52)/t25-,34-,35-/m0/s1. The number of carbonyl (C=O) groups is 4. The Morgan fingerprint density at radius 1 is 1.00 bits per heavy atom. The molecule has 53 heavy (non-hydrogen) atoms. The van der Waals surface area contributed by atoms with Crippen LogP contribution in [-0.2, 0) is 25.7 Å². The maximum Gasteiger partial charge on any atom is 0.407 e. The molecule has 0 saturated carbocycles. The molecule has 4 amide bonds. The molecule has 1 aromatic heterocycles. The van der Waals surface area contributed by atoms with Gasteiger partial charge in [-0.3, -0.25) is 19.3 Å². The summed E-state index contributed by atoms with van der Waals surface area (Å²) < 4.78 is 7.25. The number of aromatic nitrogens is 2. The van der Waals surface area contributed by atoms with Crippen molar-refractivity contribution in [3.8, 4) is 11.8 Å². The van der Waals surface area contributed by atoms with E-state index in [2.05, 4.69) is 11.4 Å². The summed E-state index contributed by atoms with van der Waals surface area (Å²) in [5.74, 6) is -1.66. The summed E-state index contributed by atoms with van der Waals surface area (Å²) >= 11 is 0. The normalized spacial score (nSPS) is 18.5. The van der Waals surface area contributed by atoms with Gasteiger partial charge in [0.2, 0.25) is 11.8 Å². The van der Waals surface area contributed by atoms with E-state index in [1.165, 1.54) is 7.05 Å². The van der Waals surface area contributed by atoms with E-state index in [0.717, 1.165) is 15.8 Å². The first kappa shape index (κ1) is 37.0. The van der Waals surface area contributed by atoms with Gasteiger partial charge >= 0.3 is 6.09 Å². The van der Waals surface area contributed by atoms with Crippen LogP contribution in [-0.4, -0.2) is 82.0 Å². The monoisotopic (exact) mass is 719 g/mol. The number of rotatable bonds is 8. The molecule has 3 atom stereocenters. The van der Waals surface area contributed by atoms with Crippen molar-refractivity contribution in [2.45, 2.75) is 71.6 Å². The topological polar surface area (TPSA) is 161 Å². The predicted octanol–water partition coefficient (Wildman–Crippen LogP) is 5.49. The van der Waals surface area contributed by atoms with Crippen molar-refractivity contribution in [3.05, 3.63) is 84.1 Å². The number of carboxylic acid groups (broad SMARTS) is 1. The van der Waals surface area contributed by atoms with Gasteiger partial charge in [0.15, 0.2) is 0 Å². The fourth-order valence-corrected chi connectivity index (χ4v) is 7.27. The average molecular weight is 720 g/mol. The van der Waals surface area contributed by atoms with Gasteiger partial charge in [0, 0.05) is 31.6 Å². The summed E-state index contributed by atoms with van der Waals surface area (Å²) in [5.41, 5.74) is 2.83. The van der Waals surface area contributed by atoms with Gasteiger partial charge in [0.05, 0.1) is 46.4 Å². The van der Waals surface area contributed by atoms with Crippen molar-refractivity contribution < 1.29 is 29.0 Å². The van der Waals surface area contributed by atoms with Crippen molar-refractivity contribution >= 4 is 46.1 Å². The zero-order valence-corrected chi connectivity index (χ0v) is 30.7. The van der Waals surface area contributed by atoms with Crippen LogP contribution in [0.25, 0.3) is 16.6 Å². The Bertz CT molecular complexity index is 2080. The number of hydrogen-bond donors (Lipinski definition) is 2. The van der Waals surface area contributed by atoms with E-state index in [4.69, 9.17) is 9.84 Å². The molecule has 1 fully saturated rings. The van der Waals surface area contributed by atoms with Crippen LogP contribution in [0.2, 0.25) is 0 Å². The number of carbonyl (C=O) groups excluding carboxylic acids is 3. The van der Waals surface area contributed by atoms with Gasteiger partial charge in [-0.1, -0.05) is 63.2 Å². The summed E-state index contributed by atoms with van der Waals surface area (Å²) in [4.78, 5) is 60.1. The number of nitriles is 1. The number of para-hydroxylation sites is 4. The molecule has 0 bridgehead atoms. The Labute approximate surface area is 308 Å². The molecule has 13 heteroatoms. The van der Waals surface area contributed by atoms with E-state index in [0.29, 0.717) is 54.4 Å². The lowest BCUT2D eigenvalue weighted by Gasteiger charge is -2.37. The van der Waals surface area contributed by atoms with E-state index >= 15 is 4.79 Å². The van der Waals surface area contributed by atoms with Gasteiger partial charge in [0.1, 0.15) is 18.2 Å². The molecule has 0 spiro atoms. The molecule has 4 aromatic rings. The minimum Gasteiger partial charge on any atom is -0.465 e. The molecular formula is C40H45N7O6. The smallest absolute Gasteiger partial charge is 0.407 e.